The van der Waals surface area contributed by atoms with Gasteiger partial charge >= 0.3 is 0 Å². The molecule has 174 valence electrons. The number of nitriles is 1. The number of hydrogen-bond acceptors (Lipinski definition) is 5. The molecule has 0 unspecified atom stereocenters. The van der Waals surface area contributed by atoms with E-state index in [1.54, 1.807) is 18.2 Å². The van der Waals surface area contributed by atoms with Crippen LogP contribution in [0.1, 0.15) is 36.2 Å². The highest BCUT2D eigenvalue weighted by Crippen LogP contribution is 2.38. The average Bonchev–Trinajstić information content (AvgIpc) is 3.26. The number of sulfone groups is 1. The fraction of sp³-hybridized carbons (Fsp3) is 0.292. The number of nitrogens with zero attached hydrogens (tertiary/aromatic N) is 1. The lowest BCUT2D eigenvalue weighted by molar-refractivity contribution is 0.301. The maximum absolute atomic E-state index is 11.6. The molecule has 1 N–H and O–H groups in total. The summed E-state index contributed by atoms with van der Waals surface area (Å²) in [4.78, 5) is 2.84. The third-order valence-electron chi connectivity index (χ3n) is 5.30. The maximum atomic E-state index is 11.6. The molecule has 2 aromatic carbocycles. The number of H-pyrrole nitrogens is 1. The summed E-state index contributed by atoms with van der Waals surface area (Å²) in [5, 5.41) is 10.1. The number of aromatic nitrogens is 1. The van der Waals surface area contributed by atoms with Gasteiger partial charge in [-0.05, 0) is 47.5 Å². The first-order valence-electron chi connectivity index (χ1n) is 10.1. The fourth-order valence-corrected chi connectivity index (χ4v) is 4.32. The summed E-state index contributed by atoms with van der Waals surface area (Å²) in [5.74, 6) is 1.28. The Labute approximate surface area is 204 Å². The monoisotopic (exact) mass is 506 g/mol. The largest absolute Gasteiger partial charge is 0.489 e. The van der Waals surface area contributed by atoms with E-state index in [1.165, 1.54) is 6.07 Å². The van der Waals surface area contributed by atoms with E-state index in [-0.39, 0.29) is 18.2 Å². The van der Waals surface area contributed by atoms with Crippen LogP contribution in [0.15, 0.2) is 53.6 Å². The molecule has 3 rings (SSSR count). The topological polar surface area (TPSA) is 92.2 Å². The zero-order valence-electron chi connectivity index (χ0n) is 18.5. The number of halogens is 2. The van der Waals surface area contributed by atoms with Gasteiger partial charge in [0.2, 0.25) is 0 Å². The van der Waals surface area contributed by atoms with Crippen molar-refractivity contribution in [3.05, 3.63) is 75.9 Å². The van der Waals surface area contributed by atoms with E-state index in [2.05, 4.69) is 11.1 Å². The number of nitrogens with one attached hydrogen (secondary N) is 1. The minimum atomic E-state index is -3.28. The quantitative estimate of drug-likeness (QED) is 0.388. The summed E-state index contributed by atoms with van der Waals surface area (Å²) >= 11 is 12.1. The van der Waals surface area contributed by atoms with Crippen LogP contribution in [0.4, 0.5) is 0 Å². The van der Waals surface area contributed by atoms with Gasteiger partial charge in [-0.15, -0.1) is 11.6 Å². The van der Waals surface area contributed by atoms with Gasteiger partial charge in [0, 0.05) is 11.7 Å². The van der Waals surface area contributed by atoms with Crippen molar-refractivity contribution in [2.24, 2.45) is 0 Å². The lowest BCUT2D eigenvalue weighted by atomic mass is 9.77. The predicted molar refractivity (Wildman–Crippen MR) is 129 cm³/mol. The highest BCUT2D eigenvalue weighted by atomic mass is 35.5. The minimum absolute atomic E-state index is 0.160. The summed E-state index contributed by atoms with van der Waals surface area (Å²) in [5.41, 5.74) is 2.45. The lowest BCUT2D eigenvalue weighted by Crippen LogP contribution is -2.19. The molecule has 0 aliphatic carbocycles. The molecule has 0 saturated heterocycles. The van der Waals surface area contributed by atoms with Crippen molar-refractivity contribution < 1.29 is 17.9 Å². The van der Waals surface area contributed by atoms with E-state index < -0.39 is 15.3 Å². The van der Waals surface area contributed by atoms with Crippen molar-refractivity contribution >= 4 is 33.0 Å². The molecule has 1 aromatic heterocycles. The SMILES string of the molecule is CC(C)(c1ccc(OCc2ccc(S(C)(=O)=O)[nH]2)cc1)c1cc(Cl)c(OCCCl)c(C#N)c1. The predicted octanol–water partition coefficient (Wildman–Crippen LogP) is 5.47. The van der Waals surface area contributed by atoms with Crippen molar-refractivity contribution in [3.8, 4) is 17.6 Å². The molecule has 0 saturated carbocycles. The van der Waals surface area contributed by atoms with E-state index in [9.17, 15) is 13.7 Å². The number of rotatable bonds is 9. The zero-order valence-corrected chi connectivity index (χ0v) is 20.8. The Bertz CT molecular complexity index is 1280. The first-order chi connectivity index (χ1) is 15.6. The first kappa shape index (κ1) is 25.0. The fourth-order valence-electron chi connectivity index (χ4n) is 3.34. The standard InChI is InChI=1S/C24H24Cl2N2O4S/c1-24(2,18-12-16(14-27)23(21(26)13-18)31-11-10-25)17-4-7-20(8-5-17)32-15-19-6-9-22(28-19)33(3,29)30/h4-9,12-13,28H,10-11,15H2,1-3H3. The molecule has 9 heteroatoms. The van der Waals surface area contributed by atoms with Gasteiger partial charge in [-0.1, -0.05) is 37.6 Å². The summed E-state index contributed by atoms with van der Waals surface area (Å²) in [6.07, 6.45) is 1.15. The van der Waals surface area contributed by atoms with Crippen molar-refractivity contribution in [2.75, 3.05) is 18.7 Å². The van der Waals surface area contributed by atoms with Gasteiger partial charge in [0.15, 0.2) is 15.6 Å². The molecule has 0 radical (unpaired) electrons. The van der Waals surface area contributed by atoms with E-state index in [0.717, 1.165) is 17.4 Å². The normalized spacial score (nSPS) is 11.8. The maximum Gasteiger partial charge on any atom is 0.190 e. The van der Waals surface area contributed by atoms with Crippen molar-refractivity contribution in [1.82, 2.24) is 4.98 Å². The molecule has 0 fully saturated rings. The van der Waals surface area contributed by atoms with E-state index >= 15 is 0 Å². The van der Waals surface area contributed by atoms with Crippen LogP contribution in [-0.4, -0.2) is 32.1 Å². The number of hydrogen-bond donors (Lipinski definition) is 1. The van der Waals surface area contributed by atoms with Crippen LogP contribution < -0.4 is 9.47 Å². The van der Waals surface area contributed by atoms with Gasteiger partial charge in [0.25, 0.3) is 0 Å². The van der Waals surface area contributed by atoms with Gasteiger partial charge in [0.1, 0.15) is 30.1 Å². The van der Waals surface area contributed by atoms with Gasteiger partial charge in [0.05, 0.1) is 22.2 Å². The molecular formula is C24H24Cl2N2O4S. The third kappa shape index (κ3) is 5.83. The molecule has 0 aliphatic heterocycles. The zero-order chi connectivity index (χ0) is 24.2. The van der Waals surface area contributed by atoms with Crippen LogP contribution in [0.25, 0.3) is 0 Å². The van der Waals surface area contributed by atoms with Crippen molar-refractivity contribution in [3.63, 3.8) is 0 Å². The number of aromatic amines is 1. The Morgan fingerprint density at radius 2 is 1.76 bits per heavy atom. The molecule has 1 heterocycles. The Balaban J connectivity index is 1.77. The Kier molecular flexibility index (Phi) is 7.63. The van der Waals surface area contributed by atoms with Gasteiger partial charge < -0.3 is 14.5 Å². The second kappa shape index (κ2) is 10.1. The molecule has 6 nitrogen and oxygen atoms in total. The molecule has 3 aromatic rings. The number of benzene rings is 2. The van der Waals surface area contributed by atoms with Crippen LogP contribution in [0.2, 0.25) is 5.02 Å². The highest BCUT2D eigenvalue weighted by Gasteiger charge is 2.26. The summed E-state index contributed by atoms with van der Waals surface area (Å²) in [6.45, 7) is 4.56. The minimum Gasteiger partial charge on any atom is -0.489 e. The molecule has 0 aliphatic rings. The van der Waals surface area contributed by atoms with Crippen molar-refractivity contribution in [1.29, 1.82) is 5.26 Å². The Morgan fingerprint density at radius 3 is 2.33 bits per heavy atom. The molecule has 0 atom stereocenters. The van der Waals surface area contributed by atoms with E-state index in [0.29, 0.717) is 33.7 Å². The van der Waals surface area contributed by atoms with Crippen LogP contribution >= 0.6 is 23.2 Å². The Morgan fingerprint density at radius 1 is 1.06 bits per heavy atom. The second-order valence-electron chi connectivity index (χ2n) is 8.04. The van der Waals surface area contributed by atoms with E-state index in [4.69, 9.17) is 32.7 Å². The lowest BCUT2D eigenvalue weighted by Gasteiger charge is -2.27. The number of alkyl halides is 1. The van der Waals surface area contributed by atoms with Gasteiger partial charge in [-0.25, -0.2) is 8.42 Å². The Hall–Kier alpha value is -2.66. The molecule has 33 heavy (non-hydrogen) atoms. The van der Waals surface area contributed by atoms with Crippen LogP contribution in [0, 0.1) is 11.3 Å². The highest BCUT2D eigenvalue weighted by molar-refractivity contribution is 7.90. The summed E-state index contributed by atoms with van der Waals surface area (Å²) in [7, 11) is -3.28. The smallest absolute Gasteiger partial charge is 0.190 e. The molecular weight excluding hydrogens is 483 g/mol. The first-order valence-corrected chi connectivity index (χ1v) is 12.9. The molecule has 0 amide bonds. The molecule has 0 spiro atoms. The van der Waals surface area contributed by atoms with E-state index in [1.807, 2.05) is 38.1 Å². The van der Waals surface area contributed by atoms with Crippen LogP contribution in [0.3, 0.4) is 0 Å². The average molecular weight is 507 g/mol. The summed E-state index contributed by atoms with van der Waals surface area (Å²) < 4.78 is 34.5. The summed E-state index contributed by atoms with van der Waals surface area (Å²) in [6, 6.07) is 16.5. The second-order valence-corrected chi connectivity index (χ2v) is 10.8. The van der Waals surface area contributed by atoms with Gasteiger partial charge in [-0.2, -0.15) is 5.26 Å². The number of ether oxygens (including phenoxy) is 2. The van der Waals surface area contributed by atoms with Gasteiger partial charge in [-0.3, -0.25) is 0 Å². The van der Waals surface area contributed by atoms with Crippen LogP contribution in [0.5, 0.6) is 11.5 Å². The molecule has 0 bridgehead atoms. The van der Waals surface area contributed by atoms with Crippen molar-refractivity contribution in [2.45, 2.75) is 30.9 Å². The third-order valence-corrected chi connectivity index (χ3v) is 6.77. The van der Waals surface area contributed by atoms with Crippen LogP contribution in [-0.2, 0) is 21.9 Å².